The summed E-state index contributed by atoms with van der Waals surface area (Å²) >= 11 is 0. The lowest BCUT2D eigenvalue weighted by Gasteiger charge is -2.17. The Morgan fingerprint density at radius 2 is 1.62 bits per heavy atom. The summed E-state index contributed by atoms with van der Waals surface area (Å²) in [6.07, 6.45) is 0. The van der Waals surface area contributed by atoms with Crippen LogP contribution in [0.15, 0.2) is 42.5 Å². The summed E-state index contributed by atoms with van der Waals surface area (Å²) in [5.41, 5.74) is -1.26. The van der Waals surface area contributed by atoms with Gasteiger partial charge in [-0.1, -0.05) is 0 Å². The number of nitro benzene ring substituents is 2. The molecule has 0 heterocycles. The van der Waals surface area contributed by atoms with Crippen molar-refractivity contribution in [1.29, 1.82) is 0 Å². The molecule has 0 radical (unpaired) electrons. The third-order valence-corrected chi connectivity index (χ3v) is 3.43. The maximum atomic E-state index is 12.8. The minimum absolute atomic E-state index is 0.0882. The summed E-state index contributed by atoms with van der Waals surface area (Å²) in [6, 6.07) is 8.06. The average Bonchev–Trinajstić information content (AvgIpc) is 2.62. The molecule has 2 rings (SSSR count). The molecule has 0 aliphatic carbocycles. The second kappa shape index (κ2) is 8.01. The molecule has 0 aromatic heterocycles. The number of nitrogens with zero attached hydrogens (tertiary/aromatic N) is 3. The fraction of sp³-hybridized carbons (Fsp3) is 0.188. The minimum Gasteiger partial charge on any atom is -0.492 e. The zero-order valence-electron chi connectivity index (χ0n) is 13.6. The zero-order chi connectivity index (χ0) is 19.3. The Bertz CT molecular complexity index is 808. The number of amides is 1. The van der Waals surface area contributed by atoms with Gasteiger partial charge in [0.25, 0.3) is 17.3 Å². The lowest BCUT2D eigenvalue weighted by molar-refractivity contribution is -0.394. The quantitative estimate of drug-likeness (QED) is 0.552. The van der Waals surface area contributed by atoms with Crippen LogP contribution < -0.4 is 4.74 Å². The number of benzene rings is 2. The van der Waals surface area contributed by atoms with Crippen molar-refractivity contribution in [3.05, 3.63) is 74.1 Å². The number of halogens is 1. The van der Waals surface area contributed by atoms with Crippen molar-refractivity contribution in [2.24, 2.45) is 0 Å². The van der Waals surface area contributed by atoms with Crippen molar-refractivity contribution >= 4 is 17.3 Å². The van der Waals surface area contributed by atoms with Crippen LogP contribution in [0.2, 0.25) is 0 Å². The summed E-state index contributed by atoms with van der Waals surface area (Å²) in [6.45, 7) is 0.206. The second-order valence-electron chi connectivity index (χ2n) is 5.28. The summed E-state index contributed by atoms with van der Waals surface area (Å²) in [5, 5.41) is 21.8. The number of rotatable bonds is 7. The van der Waals surface area contributed by atoms with Gasteiger partial charge in [0.2, 0.25) is 0 Å². The van der Waals surface area contributed by atoms with Crippen LogP contribution in [0.25, 0.3) is 0 Å². The molecule has 0 aliphatic heterocycles. The van der Waals surface area contributed by atoms with Crippen LogP contribution in [0.4, 0.5) is 15.8 Å². The number of hydrogen-bond donors (Lipinski definition) is 0. The van der Waals surface area contributed by atoms with E-state index < -0.39 is 32.9 Å². The molecular formula is C16H14FN3O6. The topological polar surface area (TPSA) is 116 Å². The highest BCUT2D eigenvalue weighted by Crippen LogP contribution is 2.23. The van der Waals surface area contributed by atoms with Gasteiger partial charge in [0, 0.05) is 19.2 Å². The third kappa shape index (κ3) is 4.72. The van der Waals surface area contributed by atoms with Crippen molar-refractivity contribution in [3.8, 4) is 5.75 Å². The van der Waals surface area contributed by atoms with E-state index in [1.807, 2.05) is 0 Å². The largest absolute Gasteiger partial charge is 0.492 e. The molecule has 0 bridgehead atoms. The van der Waals surface area contributed by atoms with Gasteiger partial charge in [-0.15, -0.1) is 0 Å². The maximum absolute atomic E-state index is 12.8. The lowest BCUT2D eigenvalue weighted by Crippen LogP contribution is -2.31. The summed E-state index contributed by atoms with van der Waals surface area (Å²) in [4.78, 5) is 33.7. The first-order valence-corrected chi connectivity index (χ1v) is 7.35. The molecule has 2 aromatic carbocycles. The Hall–Kier alpha value is -3.56. The monoisotopic (exact) mass is 363 g/mol. The molecule has 26 heavy (non-hydrogen) atoms. The zero-order valence-corrected chi connectivity index (χ0v) is 13.6. The SMILES string of the molecule is CN(CCOc1ccc(F)cc1)C(=O)c1cc([N+](=O)[O-])cc([N+](=O)[O-])c1. The van der Waals surface area contributed by atoms with E-state index in [2.05, 4.69) is 0 Å². The van der Waals surface area contributed by atoms with E-state index in [0.29, 0.717) is 5.75 Å². The number of hydrogen-bond acceptors (Lipinski definition) is 6. The highest BCUT2D eigenvalue weighted by molar-refractivity contribution is 5.95. The molecule has 1 amide bonds. The highest BCUT2D eigenvalue weighted by Gasteiger charge is 2.21. The van der Waals surface area contributed by atoms with Crippen LogP contribution in [-0.4, -0.2) is 40.9 Å². The average molecular weight is 363 g/mol. The van der Waals surface area contributed by atoms with Gasteiger partial charge in [-0.05, 0) is 24.3 Å². The van der Waals surface area contributed by atoms with E-state index in [4.69, 9.17) is 4.74 Å². The van der Waals surface area contributed by atoms with Crippen molar-refractivity contribution in [2.45, 2.75) is 0 Å². The number of carbonyl (C=O) groups is 1. The van der Waals surface area contributed by atoms with Gasteiger partial charge in [0.15, 0.2) is 0 Å². The third-order valence-electron chi connectivity index (χ3n) is 3.43. The van der Waals surface area contributed by atoms with Crippen LogP contribution in [0.1, 0.15) is 10.4 Å². The fourth-order valence-electron chi connectivity index (χ4n) is 2.08. The number of non-ortho nitro benzene ring substituents is 2. The normalized spacial score (nSPS) is 10.2. The second-order valence-corrected chi connectivity index (χ2v) is 5.28. The molecular weight excluding hydrogens is 349 g/mol. The van der Waals surface area contributed by atoms with Crippen molar-refractivity contribution < 1.29 is 23.8 Å². The Morgan fingerprint density at radius 1 is 1.08 bits per heavy atom. The van der Waals surface area contributed by atoms with Gasteiger partial charge in [0.05, 0.1) is 28.0 Å². The molecule has 136 valence electrons. The van der Waals surface area contributed by atoms with E-state index in [-0.39, 0.29) is 18.7 Å². The molecule has 0 N–H and O–H groups in total. The van der Waals surface area contributed by atoms with Crippen molar-refractivity contribution in [1.82, 2.24) is 4.90 Å². The maximum Gasteiger partial charge on any atom is 0.277 e. The number of ether oxygens (including phenoxy) is 1. The van der Waals surface area contributed by atoms with Crippen molar-refractivity contribution in [2.75, 3.05) is 20.2 Å². The van der Waals surface area contributed by atoms with E-state index in [1.165, 1.54) is 36.2 Å². The van der Waals surface area contributed by atoms with Crippen LogP contribution >= 0.6 is 0 Å². The molecule has 2 aromatic rings. The van der Waals surface area contributed by atoms with Crippen LogP contribution in [0, 0.1) is 26.0 Å². The molecule has 0 fully saturated rings. The first-order chi connectivity index (χ1) is 12.3. The van der Waals surface area contributed by atoms with E-state index in [1.54, 1.807) is 0 Å². The molecule has 0 spiro atoms. The van der Waals surface area contributed by atoms with Gasteiger partial charge in [-0.2, -0.15) is 0 Å². The smallest absolute Gasteiger partial charge is 0.277 e. The predicted molar refractivity (Wildman–Crippen MR) is 88.6 cm³/mol. The summed E-state index contributed by atoms with van der Waals surface area (Å²) in [7, 11) is 1.43. The van der Waals surface area contributed by atoms with Gasteiger partial charge in [-0.25, -0.2) is 4.39 Å². The number of likely N-dealkylation sites (N-methyl/N-ethyl adjacent to an activating group) is 1. The predicted octanol–water partition coefficient (Wildman–Crippen LogP) is 2.79. The van der Waals surface area contributed by atoms with Gasteiger partial charge < -0.3 is 9.64 Å². The molecule has 0 unspecified atom stereocenters. The van der Waals surface area contributed by atoms with Gasteiger partial charge in [0.1, 0.15) is 18.2 Å². The van der Waals surface area contributed by atoms with E-state index in [0.717, 1.165) is 18.2 Å². The van der Waals surface area contributed by atoms with Crippen molar-refractivity contribution in [3.63, 3.8) is 0 Å². The summed E-state index contributed by atoms with van der Waals surface area (Å²) < 4.78 is 18.2. The van der Waals surface area contributed by atoms with Crippen LogP contribution in [-0.2, 0) is 0 Å². The Kier molecular flexibility index (Phi) is 5.78. The standard InChI is InChI=1S/C16H14FN3O6/c1-18(6-7-26-15-4-2-12(17)3-5-15)16(21)11-8-13(19(22)23)10-14(9-11)20(24)25/h2-5,8-10H,6-7H2,1H3. The molecule has 0 atom stereocenters. The first kappa shape index (κ1) is 18.8. The molecule has 0 aliphatic rings. The van der Waals surface area contributed by atoms with Gasteiger partial charge in [-0.3, -0.25) is 25.0 Å². The fourth-order valence-corrected chi connectivity index (χ4v) is 2.08. The molecule has 0 saturated carbocycles. The molecule has 0 saturated heterocycles. The van der Waals surface area contributed by atoms with Crippen LogP contribution in [0.5, 0.6) is 5.75 Å². The van der Waals surface area contributed by atoms with Crippen LogP contribution in [0.3, 0.4) is 0 Å². The number of nitro groups is 2. The summed E-state index contributed by atoms with van der Waals surface area (Å²) in [5.74, 6) is -0.616. The molecule has 10 heteroatoms. The van der Waals surface area contributed by atoms with E-state index >= 15 is 0 Å². The number of carbonyl (C=O) groups excluding carboxylic acids is 1. The van der Waals surface area contributed by atoms with E-state index in [9.17, 15) is 29.4 Å². The lowest BCUT2D eigenvalue weighted by atomic mass is 10.1. The first-order valence-electron chi connectivity index (χ1n) is 7.35. The highest BCUT2D eigenvalue weighted by atomic mass is 19.1. The molecule has 9 nitrogen and oxygen atoms in total. The minimum atomic E-state index is -0.804. The Labute approximate surface area is 146 Å². The Balaban J connectivity index is 2.06. The van der Waals surface area contributed by atoms with Gasteiger partial charge >= 0.3 is 0 Å². The Morgan fingerprint density at radius 3 is 2.12 bits per heavy atom.